The smallest absolute Gasteiger partial charge is 0.335 e. The molecule has 7 heteroatoms. The van der Waals surface area contributed by atoms with Crippen molar-refractivity contribution < 1.29 is 17.9 Å². The molecule has 0 N–H and O–H groups in total. The van der Waals surface area contributed by atoms with Gasteiger partial charge in [0.15, 0.2) is 0 Å². The Labute approximate surface area is 189 Å². The zero-order valence-electron chi connectivity index (χ0n) is 18.1. The number of carbonyl (C=O) groups excluding carboxylic acids is 1. The first-order chi connectivity index (χ1) is 14.4. The van der Waals surface area contributed by atoms with Gasteiger partial charge in [0.05, 0.1) is 23.1 Å². The maximum absolute atomic E-state index is 13.5. The molecule has 0 radical (unpaired) electrons. The lowest BCUT2D eigenvalue weighted by atomic mass is 9.99. The lowest BCUT2D eigenvalue weighted by Crippen LogP contribution is -2.38. The molecule has 0 spiro atoms. The van der Waals surface area contributed by atoms with Gasteiger partial charge in [0.1, 0.15) is 5.60 Å². The fourth-order valence-electron chi connectivity index (χ4n) is 2.89. The molecule has 5 nitrogen and oxygen atoms in total. The van der Waals surface area contributed by atoms with E-state index in [9.17, 15) is 13.2 Å². The number of hydrogen-bond acceptors (Lipinski definition) is 4. The van der Waals surface area contributed by atoms with Crippen LogP contribution in [-0.4, -0.2) is 30.8 Å². The van der Waals surface area contributed by atoms with Crippen LogP contribution in [0.4, 0.5) is 0 Å². The molecular weight excluding hydrogens is 434 g/mol. The van der Waals surface area contributed by atoms with Crippen LogP contribution in [0.1, 0.15) is 37.9 Å². The van der Waals surface area contributed by atoms with Gasteiger partial charge in [-0.05, 0) is 57.5 Å². The number of esters is 1. The Balaban J connectivity index is 2.64. The standard InChI is InChI=1S/C24H26ClNO4S/c1-7-16-26(31(28,29)21-14-8-17(2)9-15-21)22(19-10-12-20(25)13-11-19)18(3)23(27)30-24(4,5)6/h1,8-15,22H,3,16H2,2,4-6H3/t22-/m1/s1. The highest BCUT2D eigenvalue weighted by Crippen LogP contribution is 2.34. The van der Waals surface area contributed by atoms with Crippen molar-refractivity contribution in [2.45, 2.75) is 44.2 Å². The first-order valence-electron chi connectivity index (χ1n) is 9.56. The zero-order valence-corrected chi connectivity index (χ0v) is 19.6. The largest absolute Gasteiger partial charge is 0.457 e. The highest BCUT2D eigenvalue weighted by atomic mass is 35.5. The first kappa shape index (κ1) is 24.7. The minimum absolute atomic E-state index is 0.0526. The third-order valence-corrected chi connectivity index (χ3v) is 6.42. The molecule has 0 saturated heterocycles. The van der Waals surface area contributed by atoms with Gasteiger partial charge >= 0.3 is 5.97 Å². The molecule has 31 heavy (non-hydrogen) atoms. The van der Waals surface area contributed by atoms with Crippen LogP contribution in [0, 0.1) is 19.3 Å². The summed E-state index contributed by atoms with van der Waals surface area (Å²) in [5.74, 6) is 1.67. The van der Waals surface area contributed by atoms with Gasteiger partial charge in [-0.15, -0.1) is 6.42 Å². The highest BCUT2D eigenvalue weighted by Gasteiger charge is 2.37. The van der Waals surface area contributed by atoms with Gasteiger partial charge < -0.3 is 4.74 Å². The van der Waals surface area contributed by atoms with Crippen LogP contribution in [0.25, 0.3) is 0 Å². The molecule has 164 valence electrons. The number of hydrogen-bond donors (Lipinski definition) is 0. The topological polar surface area (TPSA) is 63.7 Å². The quantitative estimate of drug-likeness (QED) is 0.335. The van der Waals surface area contributed by atoms with E-state index in [2.05, 4.69) is 12.5 Å². The summed E-state index contributed by atoms with van der Waals surface area (Å²) in [4.78, 5) is 12.9. The molecule has 0 aromatic heterocycles. The fraction of sp³-hybridized carbons (Fsp3) is 0.292. The van der Waals surface area contributed by atoms with Gasteiger partial charge in [0.2, 0.25) is 10.0 Å². The van der Waals surface area contributed by atoms with Gasteiger partial charge in [-0.2, -0.15) is 4.31 Å². The zero-order chi connectivity index (χ0) is 23.4. The summed E-state index contributed by atoms with van der Waals surface area (Å²) >= 11 is 6.01. The summed E-state index contributed by atoms with van der Waals surface area (Å²) < 4.78 is 33.6. The van der Waals surface area contributed by atoms with Crippen molar-refractivity contribution in [2.75, 3.05) is 6.54 Å². The predicted octanol–water partition coefficient (Wildman–Crippen LogP) is 4.91. The van der Waals surface area contributed by atoms with E-state index >= 15 is 0 Å². The number of sulfonamides is 1. The number of nitrogens with zero attached hydrogens (tertiary/aromatic N) is 1. The Bertz CT molecular complexity index is 1090. The summed E-state index contributed by atoms with van der Waals surface area (Å²) in [6.07, 6.45) is 5.52. The van der Waals surface area contributed by atoms with E-state index in [1.807, 2.05) is 6.92 Å². The molecule has 2 aromatic carbocycles. The maximum atomic E-state index is 13.5. The van der Waals surface area contributed by atoms with E-state index in [1.54, 1.807) is 57.2 Å². The van der Waals surface area contributed by atoms with Crippen molar-refractivity contribution in [2.24, 2.45) is 0 Å². The van der Waals surface area contributed by atoms with Crippen molar-refractivity contribution in [1.82, 2.24) is 4.31 Å². The number of halogens is 1. The predicted molar refractivity (Wildman–Crippen MR) is 123 cm³/mol. The van der Waals surface area contributed by atoms with Crippen LogP contribution in [0.2, 0.25) is 5.02 Å². The molecule has 0 heterocycles. The Morgan fingerprint density at radius 1 is 1.16 bits per heavy atom. The summed E-state index contributed by atoms with van der Waals surface area (Å²) in [5.41, 5.74) is 0.571. The molecule has 0 unspecified atom stereocenters. The Morgan fingerprint density at radius 2 is 1.71 bits per heavy atom. The van der Waals surface area contributed by atoms with Gasteiger partial charge in [-0.1, -0.05) is 53.9 Å². The summed E-state index contributed by atoms with van der Waals surface area (Å²) in [6.45, 7) is 10.6. The van der Waals surface area contributed by atoms with Crippen molar-refractivity contribution in [1.29, 1.82) is 0 Å². The minimum atomic E-state index is -4.07. The van der Waals surface area contributed by atoms with Crippen molar-refractivity contribution in [3.63, 3.8) is 0 Å². The fourth-order valence-corrected chi connectivity index (χ4v) is 4.54. The maximum Gasteiger partial charge on any atom is 0.335 e. The van der Waals surface area contributed by atoms with Gasteiger partial charge in [0.25, 0.3) is 0 Å². The molecule has 0 aliphatic rings. The van der Waals surface area contributed by atoms with Crippen LogP contribution >= 0.6 is 11.6 Å². The molecule has 0 fully saturated rings. The average molecular weight is 460 g/mol. The number of aryl methyl sites for hydroxylation is 1. The SMILES string of the molecule is C#CCN([C@H](C(=C)C(=O)OC(C)(C)C)c1ccc(Cl)cc1)S(=O)(=O)c1ccc(C)cc1. The average Bonchev–Trinajstić information content (AvgIpc) is 2.67. The summed E-state index contributed by atoms with van der Waals surface area (Å²) in [6, 6.07) is 11.8. The second kappa shape index (κ2) is 9.69. The van der Waals surface area contributed by atoms with Crippen LogP contribution in [0.3, 0.4) is 0 Å². The van der Waals surface area contributed by atoms with E-state index < -0.39 is 27.6 Å². The van der Waals surface area contributed by atoms with E-state index in [4.69, 9.17) is 22.8 Å². The Morgan fingerprint density at radius 3 is 2.19 bits per heavy atom. The molecule has 1 atom stereocenters. The van der Waals surface area contributed by atoms with Crippen LogP contribution < -0.4 is 0 Å². The second-order valence-electron chi connectivity index (χ2n) is 8.05. The van der Waals surface area contributed by atoms with Crippen LogP contribution in [-0.2, 0) is 19.6 Å². The molecule has 0 amide bonds. The molecular formula is C24H26ClNO4S. The number of carbonyl (C=O) groups is 1. The molecule has 0 aliphatic heterocycles. The third-order valence-electron chi connectivity index (χ3n) is 4.34. The molecule has 0 saturated carbocycles. The lowest BCUT2D eigenvalue weighted by Gasteiger charge is -2.32. The number of ether oxygens (including phenoxy) is 1. The minimum Gasteiger partial charge on any atom is -0.457 e. The van der Waals surface area contributed by atoms with E-state index in [0.29, 0.717) is 10.6 Å². The van der Waals surface area contributed by atoms with Crippen molar-refractivity contribution in [3.05, 3.63) is 76.8 Å². The molecule has 0 bridgehead atoms. The van der Waals surface area contributed by atoms with E-state index in [1.165, 1.54) is 12.1 Å². The first-order valence-corrected chi connectivity index (χ1v) is 11.4. The summed E-state index contributed by atoms with van der Waals surface area (Å²) in [5, 5.41) is 0.468. The number of rotatable bonds is 7. The van der Waals surface area contributed by atoms with Crippen LogP contribution in [0.5, 0.6) is 0 Å². The lowest BCUT2D eigenvalue weighted by molar-refractivity contribution is -0.150. The van der Waals surface area contributed by atoms with E-state index in [-0.39, 0.29) is 17.0 Å². The molecule has 2 rings (SSSR count). The normalized spacial score (nSPS) is 12.8. The number of benzene rings is 2. The molecule has 0 aliphatic carbocycles. The van der Waals surface area contributed by atoms with Gasteiger partial charge in [0, 0.05) is 5.02 Å². The monoisotopic (exact) mass is 459 g/mol. The van der Waals surface area contributed by atoms with Gasteiger partial charge in [-0.25, -0.2) is 13.2 Å². The third kappa shape index (κ3) is 6.20. The number of terminal acetylenes is 1. The van der Waals surface area contributed by atoms with E-state index in [0.717, 1.165) is 9.87 Å². The van der Waals surface area contributed by atoms with Gasteiger partial charge in [-0.3, -0.25) is 0 Å². The summed E-state index contributed by atoms with van der Waals surface area (Å²) in [7, 11) is -4.07. The van der Waals surface area contributed by atoms with Crippen molar-refractivity contribution in [3.8, 4) is 12.3 Å². The molecule has 2 aromatic rings. The highest BCUT2D eigenvalue weighted by molar-refractivity contribution is 7.89. The Kier molecular flexibility index (Phi) is 7.72. The Hall–Kier alpha value is -2.59. The second-order valence-corrected chi connectivity index (χ2v) is 10.4. The van der Waals surface area contributed by atoms with Crippen LogP contribution in [0.15, 0.2) is 65.6 Å². The van der Waals surface area contributed by atoms with Crippen molar-refractivity contribution >= 4 is 27.6 Å².